The number of allylic oxidation sites excluding steroid dienone is 3. The molecule has 28 heavy (non-hydrogen) atoms. The van der Waals surface area contributed by atoms with Crippen LogP contribution in [0.2, 0.25) is 0 Å². The molecule has 0 saturated heterocycles. The summed E-state index contributed by atoms with van der Waals surface area (Å²) in [7, 11) is 0. The third-order valence-electron chi connectivity index (χ3n) is 3.55. The first-order chi connectivity index (χ1) is 13.6. The summed E-state index contributed by atoms with van der Waals surface area (Å²) in [6.07, 6.45) is 8.28. The van der Waals surface area contributed by atoms with E-state index in [0.29, 0.717) is 18.3 Å². The summed E-state index contributed by atoms with van der Waals surface area (Å²) in [5, 5.41) is 0. The second-order valence-electron chi connectivity index (χ2n) is 5.31. The molecule has 0 amide bonds. The zero-order valence-corrected chi connectivity index (χ0v) is 17.3. The molecule has 1 aromatic heterocycles. The van der Waals surface area contributed by atoms with Gasteiger partial charge in [-0.3, -0.25) is 4.79 Å². The molecule has 0 radical (unpaired) electrons. The summed E-state index contributed by atoms with van der Waals surface area (Å²) >= 11 is 0. The molecule has 0 saturated carbocycles. The SMILES string of the molecule is C/C=C/c1[nH]c(C=O)c(C(=O)OCc2ccccc2)c1CC.C=CC=C.CC. The zero-order valence-electron chi connectivity index (χ0n) is 17.3. The molecule has 0 aliphatic heterocycles. The van der Waals surface area contributed by atoms with E-state index < -0.39 is 5.97 Å². The van der Waals surface area contributed by atoms with E-state index in [2.05, 4.69) is 18.1 Å². The quantitative estimate of drug-likeness (QED) is 0.355. The maximum absolute atomic E-state index is 12.4. The Hall–Kier alpha value is -3.14. The highest BCUT2D eigenvalue weighted by Crippen LogP contribution is 2.22. The van der Waals surface area contributed by atoms with Crippen molar-refractivity contribution < 1.29 is 14.3 Å². The molecule has 0 atom stereocenters. The second-order valence-corrected chi connectivity index (χ2v) is 5.31. The van der Waals surface area contributed by atoms with E-state index in [1.807, 2.05) is 70.2 Å². The van der Waals surface area contributed by atoms with E-state index in [1.165, 1.54) is 0 Å². The Morgan fingerprint density at radius 3 is 2.18 bits per heavy atom. The van der Waals surface area contributed by atoms with Gasteiger partial charge >= 0.3 is 5.97 Å². The van der Waals surface area contributed by atoms with Gasteiger partial charge in [-0.15, -0.1) is 0 Å². The Morgan fingerprint density at radius 2 is 1.71 bits per heavy atom. The molecule has 2 rings (SSSR count). The molecule has 0 fully saturated rings. The van der Waals surface area contributed by atoms with E-state index in [1.54, 1.807) is 12.2 Å². The minimum Gasteiger partial charge on any atom is -0.457 e. The van der Waals surface area contributed by atoms with Crippen LogP contribution in [0.1, 0.15) is 65.4 Å². The van der Waals surface area contributed by atoms with Gasteiger partial charge in [0.25, 0.3) is 0 Å². The van der Waals surface area contributed by atoms with E-state index >= 15 is 0 Å². The fourth-order valence-corrected chi connectivity index (χ4v) is 2.37. The van der Waals surface area contributed by atoms with Crippen molar-refractivity contribution in [2.24, 2.45) is 0 Å². The van der Waals surface area contributed by atoms with Gasteiger partial charge in [-0.1, -0.05) is 82.5 Å². The van der Waals surface area contributed by atoms with Crippen LogP contribution >= 0.6 is 0 Å². The van der Waals surface area contributed by atoms with E-state index in [-0.39, 0.29) is 12.3 Å². The number of carbonyl (C=O) groups excluding carboxylic acids is 2. The van der Waals surface area contributed by atoms with Crippen molar-refractivity contribution in [3.63, 3.8) is 0 Å². The summed E-state index contributed by atoms with van der Waals surface area (Å²) in [6, 6.07) is 9.45. The van der Waals surface area contributed by atoms with Crippen molar-refractivity contribution in [3.8, 4) is 0 Å². The monoisotopic (exact) mass is 381 g/mol. The first-order valence-corrected chi connectivity index (χ1v) is 9.40. The lowest BCUT2D eigenvalue weighted by molar-refractivity contribution is 0.0469. The number of esters is 1. The van der Waals surface area contributed by atoms with Crippen molar-refractivity contribution in [1.29, 1.82) is 0 Å². The topological polar surface area (TPSA) is 59.2 Å². The smallest absolute Gasteiger partial charge is 0.341 e. The maximum atomic E-state index is 12.4. The van der Waals surface area contributed by atoms with Crippen molar-refractivity contribution in [3.05, 3.63) is 89.8 Å². The van der Waals surface area contributed by atoms with Crippen LogP contribution in [-0.4, -0.2) is 17.2 Å². The molecule has 0 unspecified atom stereocenters. The Kier molecular flexibility index (Phi) is 13.3. The Labute approximate surface area is 168 Å². The second kappa shape index (κ2) is 15.0. The first kappa shape index (κ1) is 24.9. The Balaban J connectivity index is 0.00000108. The van der Waals surface area contributed by atoms with Gasteiger partial charge in [0.2, 0.25) is 0 Å². The number of H-pyrrole nitrogens is 1. The molecular weight excluding hydrogens is 350 g/mol. The standard InChI is InChI=1S/C18H19NO3.C4H6.C2H6/c1-3-8-15-14(4-2)17(16(11-20)19-15)18(21)22-12-13-9-6-5-7-10-13;1-3-4-2;1-2/h3,5-11,19H,4,12H2,1-2H3;3-4H,1-2H2;1-2H3/b8-3+;;. The molecule has 0 bridgehead atoms. The molecular formula is C24H31NO3. The maximum Gasteiger partial charge on any atom is 0.341 e. The van der Waals surface area contributed by atoms with Gasteiger partial charge in [-0.05, 0) is 30.5 Å². The summed E-state index contributed by atoms with van der Waals surface area (Å²) in [5.41, 5.74) is 3.09. The van der Waals surface area contributed by atoms with Gasteiger partial charge in [-0.2, -0.15) is 0 Å². The minimum absolute atomic E-state index is 0.186. The summed E-state index contributed by atoms with van der Waals surface area (Å²) in [5.74, 6) is -0.477. The number of aldehydes is 1. The van der Waals surface area contributed by atoms with Crippen LogP contribution in [0, 0.1) is 0 Å². The summed E-state index contributed by atoms with van der Waals surface area (Å²) in [6.45, 7) is 14.7. The molecule has 2 aromatic rings. The normalized spacial score (nSPS) is 9.43. The molecule has 4 nitrogen and oxygen atoms in total. The van der Waals surface area contributed by atoms with Crippen LogP contribution in [0.5, 0.6) is 0 Å². The van der Waals surface area contributed by atoms with Gasteiger partial charge < -0.3 is 9.72 Å². The molecule has 1 N–H and O–H groups in total. The number of benzene rings is 1. The number of nitrogens with one attached hydrogen (secondary N) is 1. The Bertz CT molecular complexity index is 765. The number of carbonyl (C=O) groups is 2. The van der Waals surface area contributed by atoms with Crippen molar-refractivity contribution in [1.82, 2.24) is 4.98 Å². The van der Waals surface area contributed by atoms with Crippen LogP contribution in [0.3, 0.4) is 0 Å². The molecule has 4 heteroatoms. The fourth-order valence-electron chi connectivity index (χ4n) is 2.37. The number of hydrogen-bond acceptors (Lipinski definition) is 3. The molecule has 0 spiro atoms. The third-order valence-corrected chi connectivity index (χ3v) is 3.55. The van der Waals surface area contributed by atoms with Crippen molar-refractivity contribution in [2.45, 2.75) is 40.7 Å². The third kappa shape index (κ3) is 7.62. The van der Waals surface area contributed by atoms with Crippen LogP contribution in [0.25, 0.3) is 6.08 Å². The number of ether oxygens (including phenoxy) is 1. The summed E-state index contributed by atoms with van der Waals surface area (Å²) < 4.78 is 5.35. The predicted octanol–water partition coefficient (Wildman–Crippen LogP) is 6.16. The lowest BCUT2D eigenvalue weighted by atomic mass is 10.1. The van der Waals surface area contributed by atoms with Gasteiger partial charge in [0.1, 0.15) is 6.61 Å². The number of rotatable bonds is 7. The lowest BCUT2D eigenvalue weighted by Crippen LogP contribution is -2.09. The van der Waals surface area contributed by atoms with Gasteiger partial charge in [0.15, 0.2) is 6.29 Å². The average Bonchev–Trinajstić information content (AvgIpc) is 3.12. The van der Waals surface area contributed by atoms with E-state index in [0.717, 1.165) is 16.8 Å². The molecule has 1 aromatic carbocycles. The average molecular weight is 382 g/mol. The van der Waals surface area contributed by atoms with Crippen LogP contribution in [0.15, 0.2) is 61.7 Å². The Morgan fingerprint density at radius 1 is 1.11 bits per heavy atom. The van der Waals surface area contributed by atoms with Crippen LogP contribution in [0.4, 0.5) is 0 Å². The van der Waals surface area contributed by atoms with Crippen LogP contribution in [-0.2, 0) is 17.8 Å². The highest BCUT2D eigenvalue weighted by atomic mass is 16.5. The number of aromatic nitrogens is 1. The zero-order chi connectivity index (χ0) is 21.4. The molecule has 0 aliphatic carbocycles. The first-order valence-electron chi connectivity index (χ1n) is 9.40. The highest BCUT2D eigenvalue weighted by molar-refractivity contribution is 6.00. The number of hydrogen-bond donors (Lipinski definition) is 1. The lowest BCUT2D eigenvalue weighted by Gasteiger charge is -2.06. The minimum atomic E-state index is -0.477. The van der Waals surface area contributed by atoms with Gasteiger partial charge in [-0.25, -0.2) is 4.79 Å². The van der Waals surface area contributed by atoms with Crippen molar-refractivity contribution >= 4 is 18.3 Å². The predicted molar refractivity (Wildman–Crippen MR) is 118 cm³/mol. The molecule has 150 valence electrons. The van der Waals surface area contributed by atoms with E-state index in [4.69, 9.17) is 4.74 Å². The number of aromatic amines is 1. The molecule has 0 aliphatic rings. The van der Waals surface area contributed by atoms with Gasteiger partial charge in [0.05, 0.1) is 11.3 Å². The fraction of sp³-hybridized carbons (Fsp3) is 0.250. The van der Waals surface area contributed by atoms with Crippen molar-refractivity contribution in [2.75, 3.05) is 0 Å². The summed E-state index contributed by atoms with van der Waals surface area (Å²) in [4.78, 5) is 26.6. The molecule has 1 heterocycles. The van der Waals surface area contributed by atoms with Crippen LogP contribution < -0.4 is 0 Å². The van der Waals surface area contributed by atoms with E-state index in [9.17, 15) is 9.59 Å². The highest BCUT2D eigenvalue weighted by Gasteiger charge is 2.22. The van der Waals surface area contributed by atoms with Gasteiger partial charge in [0, 0.05) is 5.69 Å². The largest absolute Gasteiger partial charge is 0.457 e.